The Morgan fingerprint density at radius 2 is 1.50 bits per heavy atom. The Morgan fingerprint density at radius 1 is 0.882 bits per heavy atom. The zero-order valence-electron chi connectivity index (χ0n) is 19.2. The number of amides is 1. The maximum Gasteiger partial charge on any atom is 0.244 e. The van der Waals surface area contributed by atoms with E-state index in [0.29, 0.717) is 13.2 Å². The van der Waals surface area contributed by atoms with Crippen molar-refractivity contribution in [1.82, 2.24) is 10.0 Å². The summed E-state index contributed by atoms with van der Waals surface area (Å²) in [5, 5.41) is 2.80. The second-order valence-electron chi connectivity index (χ2n) is 8.24. The van der Waals surface area contributed by atoms with Crippen LogP contribution in [-0.4, -0.2) is 20.4 Å². The van der Waals surface area contributed by atoms with E-state index in [9.17, 15) is 17.6 Å². The van der Waals surface area contributed by atoms with Gasteiger partial charge in [0.2, 0.25) is 15.9 Å². The van der Waals surface area contributed by atoms with Gasteiger partial charge in [0.25, 0.3) is 0 Å². The van der Waals surface area contributed by atoms with E-state index in [0.717, 1.165) is 22.8 Å². The molecule has 0 spiro atoms. The van der Waals surface area contributed by atoms with Gasteiger partial charge in [-0.2, -0.15) is 4.72 Å². The third-order valence-corrected chi connectivity index (χ3v) is 6.77. The van der Waals surface area contributed by atoms with Crippen LogP contribution in [0.1, 0.15) is 30.5 Å². The van der Waals surface area contributed by atoms with Crippen molar-refractivity contribution < 1.29 is 22.3 Å². The van der Waals surface area contributed by atoms with Crippen LogP contribution in [0.15, 0.2) is 83.8 Å². The monoisotopic (exact) mass is 484 g/mol. The van der Waals surface area contributed by atoms with Crippen molar-refractivity contribution in [2.24, 2.45) is 5.92 Å². The summed E-state index contributed by atoms with van der Waals surface area (Å²) in [5.41, 5.74) is 2.85. The van der Waals surface area contributed by atoms with Crippen molar-refractivity contribution in [3.63, 3.8) is 0 Å². The minimum Gasteiger partial charge on any atom is -0.372 e. The zero-order chi connectivity index (χ0) is 24.6. The first-order valence-electron chi connectivity index (χ1n) is 11.0. The van der Waals surface area contributed by atoms with Crippen LogP contribution in [0, 0.1) is 11.7 Å². The van der Waals surface area contributed by atoms with E-state index in [1.165, 1.54) is 18.2 Å². The van der Waals surface area contributed by atoms with Crippen LogP contribution < -0.4 is 10.0 Å². The van der Waals surface area contributed by atoms with Crippen molar-refractivity contribution >= 4 is 15.9 Å². The van der Waals surface area contributed by atoms with E-state index in [1.807, 2.05) is 54.6 Å². The summed E-state index contributed by atoms with van der Waals surface area (Å²) in [5.74, 6) is -1.72. The average molecular weight is 485 g/mol. The van der Waals surface area contributed by atoms with Gasteiger partial charge < -0.3 is 10.1 Å². The lowest BCUT2D eigenvalue weighted by Gasteiger charge is -2.22. The summed E-state index contributed by atoms with van der Waals surface area (Å²) < 4.78 is 47.6. The highest BCUT2D eigenvalue weighted by Crippen LogP contribution is 2.16. The van der Waals surface area contributed by atoms with Crippen molar-refractivity contribution in [3.05, 3.63) is 101 Å². The molecule has 8 heteroatoms. The van der Waals surface area contributed by atoms with Crippen LogP contribution in [0.4, 0.5) is 4.39 Å². The predicted molar refractivity (Wildman–Crippen MR) is 129 cm³/mol. The highest BCUT2D eigenvalue weighted by Gasteiger charge is 2.29. The van der Waals surface area contributed by atoms with Gasteiger partial charge in [-0.25, -0.2) is 12.8 Å². The number of carbonyl (C=O) groups excluding carboxylic acids is 1. The Morgan fingerprint density at radius 3 is 2.18 bits per heavy atom. The van der Waals surface area contributed by atoms with Crippen molar-refractivity contribution in [2.45, 2.75) is 44.5 Å². The molecule has 0 aromatic heterocycles. The van der Waals surface area contributed by atoms with Gasteiger partial charge in [-0.05, 0) is 34.7 Å². The highest BCUT2D eigenvalue weighted by atomic mass is 32.2. The highest BCUT2D eigenvalue weighted by molar-refractivity contribution is 7.89. The molecule has 3 aromatic carbocycles. The van der Waals surface area contributed by atoms with Gasteiger partial charge in [0, 0.05) is 6.54 Å². The maximum atomic E-state index is 14.0. The Labute approximate surface area is 200 Å². The van der Waals surface area contributed by atoms with Crippen molar-refractivity contribution in [1.29, 1.82) is 0 Å². The van der Waals surface area contributed by atoms with Gasteiger partial charge in [0.05, 0.1) is 13.2 Å². The fraction of sp³-hybridized carbons (Fsp3) is 0.269. The number of hydrogen-bond acceptors (Lipinski definition) is 4. The molecule has 0 radical (unpaired) electrons. The molecule has 0 heterocycles. The second-order valence-corrected chi connectivity index (χ2v) is 9.92. The molecule has 3 aromatic rings. The number of ether oxygens (including phenoxy) is 1. The summed E-state index contributed by atoms with van der Waals surface area (Å²) in [6.45, 7) is 4.48. The van der Waals surface area contributed by atoms with E-state index in [2.05, 4.69) is 10.0 Å². The Kier molecular flexibility index (Phi) is 8.92. The van der Waals surface area contributed by atoms with E-state index in [4.69, 9.17) is 4.74 Å². The van der Waals surface area contributed by atoms with Crippen molar-refractivity contribution in [2.75, 3.05) is 0 Å². The Balaban J connectivity index is 1.63. The van der Waals surface area contributed by atoms with Crippen LogP contribution >= 0.6 is 0 Å². The lowest BCUT2D eigenvalue weighted by atomic mass is 10.0. The number of benzene rings is 3. The number of nitrogens with one attached hydrogen (secondary N) is 2. The zero-order valence-corrected chi connectivity index (χ0v) is 20.0. The number of sulfonamides is 1. The van der Waals surface area contributed by atoms with Crippen LogP contribution in [-0.2, 0) is 39.3 Å². The van der Waals surface area contributed by atoms with E-state index in [1.54, 1.807) is 13.8 Å². The van der Waals surface area contributed by atoms with Gasteiger partial charge in [-0.3, -0.25) is 4.79 Å². The lowest BCUT2D eigenvalue weighted by molar-refractivity contribution is -0.123. The molecule has 6 nitrogen and oxygen atoms in total. The number of hydrogen-bond donors (Lipinski definition) is 2. The largest absolute Gasteiger partial charge is 0.372 e. The molecule has 0 saturated heterocycles. The molecule has 1 amide bonds. The number of rotatable bonds is 11. The molecule has 0 fully saturated rings. The maximum absolute atomic E-state index is 14.0. The molecule has 0 aliphatic rings. The average Bonchev–Trinajstić information content (AvgIpc) is 2.82. The number of halogens is 1. The fourth-order valence-corrected chi connectivity index (χ4v) is 4.82. The molecule has 0 aliphatic carbocycles. The third kappa shape index (κ3) is 6.96. The minimum atomic E-state index is -4.22. The first kappa shape index (κ1) is 25.6. The SMILES string of the molecule is CC(C)[C@H](NS(=O)(=O)c1ccccc1F)C(=O)NCc1ccccc1COCc1ccccc1. The van der Waals surface area contributed by atoms with Crippen LogP contribution in [0.3, 0.4) is 0 Å². The topological polar surface area (TPSA) is 84.5 Å². The standard InChI is InChI=1S/C26H29FN2O4S/c1-19(2)25(29-34(31,32)24-15-9-8-14-23(24)27)26(30)28-16-21-12-6-7-13-22(21)18-33-17-20-10-4-3-5-11-20/h3-15,19,25,29H,16-18H2,1-2H3,(H,28,30)/t25-/m0/s1. The van der Waals surface area contributed by atoms with Gasteiger partial charge in [0.1, 0.15) is 16.8 Å². The third-order valence-electron chi connectivity index (χ3n) is 5.30. The molecule has 0 unspecified atom stereocenters. The molecule has 0 aliphatic heterocycles. The smallest absolute Gasteiger partial charge is 0.244 e. The lowest BCUT2D eigenvalue weighted by Crippen LogP contribution is -2.49. The molecule has 1 atom stereocenters. The first-order valence-corrected chi connectivity index (χ1v) is 12.5. The van der Waals surface area contributed by atoms with Crippen LogP contribution in [0.25, 0.3) is 0 Å². The summed E-state index contributed by atoms with van der Waals surface area (Å²) in [6, 6.07) is 21.4. The number of carbonyl (C=O) groups is 1. The van der Waals surface area contributed by atoms with E-state index >= 15 is 0 Å². The van der Waals surface area contributed by atoms with Gasteiger partial charge in [-0.15, -0.1) is 0 Å². The van der Waals surface area contributed by atoms with Crippen LogP contribution in [0.2, 0.25) is 0 Å². The van der Waals surface area contributed by atoms with E-state index < -0.39 is 32.7 Å². The molecular weight excluding hydrogens is 455 g/mol. The van der Waals surface area contributed by atoms with Gasteiger partial charge in [0.15, 0.2) is 0 Å². The molecule has 0 saturated carbocycles. The first-order chi connectivity index (χ1) is 16.3. The molecule has 0 bridgehead atoms. The van der Waals surface area contributed by atoms with Crippen LogP contribution in [0.5, 0.6) is 0 Å². The summed E-state index contributed by atoms with van der Waals surface area (Å²) in [4.78, 5) is 12.4. The Bertz CT molecular complexity index is 1200. The van der Waals surface area contributed by atoms with E-state index in [-0.39, 0.29) is 12.5 Å². The molecule has 2 N–H and O–H groups in total. The molecular formula is C26H29FN2O4S. The van der Waals surface area contributed by atoms with Gasteiger partial charge >= 0.3 is 0 Å². The van der Waals surface area contributed by atoms with Gasteiger partial charge in [-0.1, -0.05) is 80.6 Å². The molecule has 34 heavy (non-hydrogen) atoms. The predicted octanol–water partition coefficient (Wildman–Crippen LogP) is 4.16. The molecule has 3 rings (SSSR count). The normalized spacial score (nSPS) is 12.5. The molecule has 180 valence electrons. The minimum absolute atomic E-state index is 0.203. The summed E-state index contributed by atoms with van der Waals surface area (Å²) in [7, 11) is -4.22. The fourth-order valence-electron chi connectivity index (χ4n) is 3.40. The summed E-state index contributed by atoms with van der Waals surface area (Å²) >= 11 is 0. The Hall–Kier alpha value is -3.07. The van der Waals surface area contributed by atoms with Crippen molar-refractivity contribution in [3.8, 4) is 0 Å². The summed E-state index contributed by atoms with van der Waals surface area (Å²) in [6.07, 6.45) is 0. The quantitative estimate of drug-likeness (QED) is 0.428. The second kappa shape index (κ2) is 11.9.